The summed E-state index contributed by atoms with van der Waals surface area (Å²) in [6, 6.07) is 17.4. The third-order valence-electron chi connectivity index (χ3n) is 5.84. The number of carbonyl (C=O) groups excluding carboxylic acids is 2. The molecule has 0 unspecified atom stereocenters. The van der Waals surface area contributed by atoms with Crippen LogP contribution in [0.15, 0.2) is 91.3 Å². The number of hydrogen-bond donors (Lipinski definition) is 1. The molecule has 6 nitrogen and oxygen atoms in total. The van der Waals surface area contributed by atoms with Gasteiger partial charge in [0, 0.05) is 24.5 Å². The lowest BCUT2D eigenvalue weighted by Crippen LogP contribution is -2.29. The maximum absolute atomic E-state index is 13.2. The van der Waals surface area contributed by atoms with Crippen molar-refractivity contribution in [2.75, 3.05) is 6.61 Å². The first-order valence-corrected chi connectivity index (χ1v) is 11.1. The van der Waals surface area contributed by atoms with E-state index in [1.54, 1.807) is 54.9 Å². The molecule has 1 aliphatic heterocycles. The Bertz CT molecular complexity index is 1220. The fourth-order valence-corrected chi connectivity index (χ4v) is 4.03. The second-order valence-corrected chi connectivity index (χ2v) is 8.00. The Morgan fingerprint density at radius 2 is 1.71 bits per heavy atom. The van der Waals surface area contributed by atoms with Gasteiger partial charge in [-0.2, -0.15) is 0 Å². The van der Waals surface area contributed by atoms with E-state index in [4.69, 9.17) is 4.74 Å². The molecule has 172 valence electrons. The molecule has 1 aliphatic rings. The number of Topliss-reactive ketones (excluding diaryl/α,β-unsaturated/α-hetero) is 1. The van der Waals surface area contributed by atoms with E-state index in [1.807, 2.05) is 24.3 Å². The molecule has 1 atom stereocenters. The topological polar surface area (TPSA) is 79.7 Å². The van der Waals surface area contributed by atoms with Crippen LogP contribution in [0.1, 0.15) is 35.2 Å². The molecule has 1 amide bonds. The van der Waals surface area contributed by atoms with Gasteiger partial charge in [0.15, 0.2) is 0 Å². The van der Waals surface area contributed by atoms with Crippen molar-refractivity contribution in [2.24, 2.45) is 0 Å². The summed E-state index contributed by atoms with van der Waals surface area (Å²) in [5, 5.41) is 11.2. The molecule has 0 saturated carbocycles. The molecule has 0 bridgehead atoms. The lowest BCUT2D eigenvalue weighted by Gasteiger charge is -2.25. The van der Waals surface area contributed by atoms with E-state index in [2.05, 4.69) is 18.5 Å². The summed E-state index contributed by atoms with van der Waals surface area (Å²) < 4.78 is 5.50. The minimum Gasteiger partial charge on any atom is -0.507 e. The van der Waals surface area contributed by atoms with Crippen LogP contribution in [0.5, 0.6) is 5.75 Å². The minimum absolute atomic E-state index is 0.0723. The lowest BCUT2D eigenvalue weighted by atomic mass is 9.94. The van der Waals surface area contributed by atoms with E-state index in [-0.39, 0.29) is 17.9 Å². The fraction of sp³-hybridized carbons (Fsp3) is 0.179. The minimum atomic E-state index is -0.712. The molecule has 0 spiro atoms. The molecular formula is C28H26N2O4. The zero-order valence-corrected chi connectivity index (χ0v) is 19.0. The van der Waals surface area contributed by atoms with E-state index in [9.17, 15) is 14.7 Å². The van der Waals surface area contributed by atoms with Crippen LogP contribution >= 0.6 is 0 Å². The maximum atomic E-state index is 13.2. The van der Waals surface area contributed by atoms with Gasteiger partial charge in [-0.15, -0.1) is 0 Å². The third kappa shape index (κ3) is 4.62. The number of aromatic nitrogens is 1. The molecule has 6 heteroatoms. The predicted molar refractivity (Wildman–Crippen MR) is 130 cm³/mol. The number of carbonyl (C=O) groups is 2. The molecule has 1 N–H and O–H groups in total. The average Bonchev–Trinajstić information content (AvgIpc) is 3.13. The summed E-state index contributed by atoms with van der Waals surface area (Å²) in [5.41, 5.74) is 3.25. The summed E-state index contributed by atoms with van der Waals surface area (Å²) in [4.78, 5) is 31.8. The van der Waals surface area contributed by atoms with Gasteiger partial charge in [-0.1, -0.05) is 43.8 Å². The number of likely N-dealkylation sites (tertiary alicyclic amines) is 1. The van der Waals surface area contributed by atoms with E-state index in [1.165, 1.54) is 4.90 Å². The van der Waals surface area contributed by atoms with Crippen molar-refractivity contribution in [2.45, 2.75) is 25.9 Å². The quantitative estimate of drug-likeness (QED) is 0.228. The van der Waals surface area contributed by atoms with E-state index < -0.39 is 17.7 Å². The summed E-state index contributed by atoms with van der Waals surface area (Å²) in [7, 11) is 0. The molecule has 2 heterocycles. The zero-order chi connectivity index (χ0) is 24.1. The molecule has 3 aromatic rings. The number of ketones is 1. The Morgan fingerprint density at radius 3 is 2.32 bits per heavy atom. The smallest absolute Gasteiger partial charge is 0.295 e. The zero-order valence-electron chi connectivity index (χ0n) is 19.0. The van der Waals surface area contributed by atoms with Gasteiger partial charge in [-0.05, 0) is 59.5 Å². The van der Waals surface area contributed by atoms with Crippen LogP contribution in [0.3, 0.4) is 0 Å². The molecule has 1 saturated heterocycles. The van der Waals surface area contributed by atoms with Gasteiger partial charge in [0.2, 0.25) is 0 Å². The SMILES string of the molecule is C=CCOc1ccc(C(O)=C2C(=O)C(=O)N(Cc3ccncc3)[C@@H]2c2ccc(CC)cc2)cc1. The molecule has 0 radical (unpaired) electrons. The number of amides is 1. The van der Waals surface area contributed by atoms with Crippen molar-refractivity contribution in [3.8, 4) is 5.75 Å². The van der Waals surface area contributed by atoms with E-state index >= 15 is 0 Å². The van der Waals surface area contributed by atoms with Gasteiger partial charge >= 0.3 is 0 Å². The van der Waals surface area contributed by atoms with Gasteiger partial charge in [-0.25, -0.2) is 0 Å². The van der Waals surface area contributed by atoms with Gasteiger partial charge in [-0.3, -0.25) is 14.6 Å². The highest BCUT2D eigenvalue weighted by molar-refractivity contribution is 6.46. The molecule has 34 heavy (non-hydrogen) atoms. The number of ether oxygens (including phenoxy) is 1. The highest BCUT2D eigenvalue weighted by Crippen LogP contribution is 2.40. The molecule has 1 fully saturated rings. The van der Waals surface area contributed by atoms with Gasteiger partial charge in [0.1, 0.15) is 18.1 Å². The highest BCUT2D eigenvalue weighted by atomic mass is 16.5. The van der Waals surface area contributed by atoms with Crippen LogP contribution < -0.4 is 4.74 Å². The standard InChI is InChI=1S/C28H26N2O4/c1-3-17-34-23-11-9-22(10-12-23)26(31)24-25(21-7-5-19(4-2)6-8-21)30(28(33)27(24)32)18-20-13-15-29-16-14-20/h3,5-16,25,31H,1,4,17-18H2,2H3/t25-/m1/s1. The molecule has 2 aromatic carbocycles. The maximum Gasteiger partial charge on any atom is 0.295 e. The monoisotopic (exact) mass is 454 g/mol. The van der Waals surface area contributed by atoms with Gasteiger partial charge in [0.25, 0.3) is 11.7 Å². The first-order valence-electron chi connectivity index (χ1n) is 11.1. The van der Waals surface area contributed by atoms with E-state index in [0.717, 1.165) is 23.1 Å². The Labute approximate surface area is 198 Å². The van der Waals surface area contributed by atoms with E-state index in [0.29, 0.717) is 17.9 Å². The van der Waals surface area contributed by atoms with Crippen LogP contribution in [0.4, 0.5) is 0 Å². The summed E-state index contributed by atoms with van der Waals surface area (Å²) in [6.07, 6.45) is 5.81. The number of aryl methyl sites for hydroxylation is 1. The Hall–Kier alpha value is -4.19. The number of aliphatic hydroxyl groups is 1. The van der Waals surface area contributed by atoms with Crippen LogP contribution in [-0.2, 0) is 22.6 Å². The van der Waals surface area contributed by atoms with Crippen molar-refractivity contribution in [3.63, 3.8) is 0 Å². The Morgan fingerprint density at radius 1 is 1.03 bits per heavy atom. The second-order valence-electron chi connectivity index (χ2n) is 8.00. The summed E-state index contributed by atoms with van der Waals surface area (Å²) >= 11 is 0. The first-order chi connectivity index (χ1) is 16.5. The summed E-state index contributed by atoms with van der Waals surface area (Å²) in [6.45, 7) is 6.27. The average molecular weight is 455 g/mol. The fourth-order valence-electron chi connectivity index (χ4n) is 4.03. The van der Waals surface area contributed by atoms with Crippen LogP contribution in [-0.4, -0.2) is 33.3 Å². The lowest BCUT2D eigenvalue weighted by molar-refractivity contribution is -0.140. The number of hydrogen-bond acceptors (Lipinski definition) is 5. The van der Waals surface area contributed by atoms with Gasteiger partial charge < -0.3 is 14.7 Å². The van der Waals surface area contributed by atoms with Crippen molar-refractivity contribution in [1.82, 2.24) is 9.88 Å². The molecule has 1 aromatic heterocycles. The van der Waals surface area contributed by atoms with Gasteiger partial charge in [0.05, 0.1) is 11.6 Å². The largest absolute Gasteiger partial charge is 0.507 e. The summed E-state index contributed by atoms with van der Waals surface area (Å²) in [5.74, 6) is -0.950. The molecular weight excluding hydrogens is 428 g/mol. The van der Waals surface area contributed by atoms with Crippen molar-refractivity contribution in [3.05, 3.63) is 114 Å². The number of benzene rings is 2. The Kier molecular flexibility index (Phi) is 6.87. The number of aliphatic hydroxyl groups excluding tert-OH is 1. The Balaban J connectivity index is 1.78. The molecule has 4 rings (SSSR count). The van der Waals surface area contributed by atoms with Crippen molar-refractivity contribution in [1.29, 1.82) is 0 Å². The highest BCUT2D eigenvalue weighted by Gasteiger charge is 2.46. The van der Waals surface area contributed by atoms with Crippen LogP contribution in [0.2, 0.25) is 0 Å². The van der Waals surface area contributed by atoms with Crippen LogP contribution in [0, 0.1) is 0 Å². The van der Waals surface area contributed by atoms with Crippen LogP contribution in [0.25, 0.3) is 5.76 Å². The van der Waals surface area contributed by atoms with Crippen molar-refractivity contribution < 1.29 is 19.4 Å². The number of rotatable bonds is 8. The second kappa shape index (κ2) is 10.2. The first kappa shape index (κ1) is 23.0. The number of pyridine rings is 1. The number of nitrogens with zero attached hydrogens (tertiary/aromatic N) is 2. The normalized spacial score (nSPS) is 17.1. The predicted octanol–water partition coefficient (Wildman–Crippen LogP) is 4.83. The third-order valence-corrected chi connectivity index (χ3v) is 5.84. The molecule has 0 aliphatic carbocycles. The van der Waals surface area contributed by atoms with Crippen molar-refractivity contribution >= 4 is 17.4 Å².